The van der Waals surface area contributed by atoms with Crippen molar-refractivity contribution in [1.82, 2.24) is 15.1 Å². The zero-order chi connectivity index (χ0) is 20.6. The van der Waals surface area contributed by atoms with E-state index in [1.54, 1.807) is 31.3 Å². The highest BCUT2D eigenvalue weighted by Gasteiger charge is 2.33. The molecule has 2 aromatic rings. The number of aromatic nitrogens is 2. The van der Waals surface area contributed by atoms with Gasteiger partial charge in [-0.15, -0.1) is 10.2 Å². The lowest BCUT2D eigenvalue weighted by Crippen LogP contribution is -2.38. The Balaban J connectivity index is 1.49. The molecule has 0 atom stereocenters. The third-order valence-electron chi connectivity index (χ3n) is 4.29. The van der Waals surface area contributed by atoms with Crippen molar-refractivity contribution in [1.29, 1.82) is 0 Å². The third-order valence-corrected chi connectivity index (χ3v) is 5.10. The van der Waals surface area contributed by atoms with E-state index < -0.39 is 0 Å². The van der Waals surface area contributed by atoms with Crippen LogP contribution in [0, 0.1) is 0 Å². The molecular weight excluding hydrogens is 396 g/mol. The number of para-hydroxylation sites is 2. The van der Waals surface area contributed by atoms with E-state index in [4.69, 9.17) is 14.2 Å². The molecule has 3 rings (SSSR count). The van der Waals surface area contributed by atoms with Gasteiger partial charge in [0.25, 0.3) is 5.91 Å². The zero-order valence-electron chi connectivity index (χ0n) is 16.4. The van der Waals surface area contributed by atoms with Gasteiger partial charge in [-0.25, -0.2) is 0 Å². The lowest BCUT2D eigenvalue weighted by Gasteiger charge is -2.22. The molecular formula is C19H24N4O5S. The largest absolute Gasteiger partial charge is 0.493 e. The van der Waals surface area contributed by atoms with Crippen molar-refractivity contribution in [3.05, 3.63) is 29.3 Å². The van der Waals surface area contributed by atoms with E-state index in [-0.39, 0.29) is 30.9 Å². The first-order valence-electron chi connectivity index (χ1n) is 9.27. The van der Waals surface area contributed by atoms with E-state index in [0.717, 1.165) is 12.8 Å². The van der Waals surface area contributed by atoms with Crippen LogP contribution in [0.1, 0.15) is 24.3 Å². The Morgan fingerprint density at radius 1 is 1.21 bits per heavy atom. The molecule has 0 aliphatic heterocycles. The fraction of sp³-hybridized carbons (Fsp3) is 0.474. The first-order chi connectivity index (χ1) is 14.1. The van der Waals surface area contributed by atoms with Gasteiger partial charge in [-0.05, 0) is 25.0 Å². The van der Waals surface area contributed by atoms with E-state index in [2.05, 4.69) is 15.5 Å². The number of methoxy groups -OCH3 is 2. The normalized spacial score (nSPS) is 13.0. The second kappa shape index (κ2) is 10.2. The molecule has 1 aromatic carbocycles. The summed E-state index contributed by atoms with van der Waals surface area (Å²) in [6, 6.07) is 7.34. The lowest BCUT2D eigenvalue weighted by molar-refractivity contribution is -0.134. The molecule has 0 unspecified atom stereocenters. The van der Waals surface area contributed by atoms with Crippen LogP contribution in [0.15, 0.2) is 24.3 Å². The number of amides is 2. The van der Waals surface area contributed by atoms with Gasteiger partial charge in [0, 0.05) is 26.1 Å². The molecule has 10 heteroatoms. The highest BCUT2D eigenvalue weighted by Crippen LogP contribution is 2.29. The Morgan fingerprint density at radius 3 is 2.66 bits per heavy atom. The Labute approximate surface area is 173 Å². The molecule has 1 heterocycles. The van der Waals surface area contributed by atoms with Crippen LogP contribution < -0.4 is 14.8 Å². The maximum absolute atomic E-state index is 12.6. The van der Waals surface area contributed by atoms with Crippen LogP contribution in [0.4, 0.5) is 5.13 Å². The summed E-state index contributed by atoms with van der Waals surface area (Å²) in [6.07, 6.45) is 2.06. The predicted octanol–water partition coefficient (Wildman–Crippen LogP) is 2.09. The van der Waals surface area contributed by atoms with Crippen molar-refractivity contribution in [3.63, 3.8) is 0 Å². The molecule has 0 bridgehead atoms. The number of hydrogen-bond donors (Lipinski definition) is 1. The first-order valence-corrected chi connectivity index (χ1v) is 10.1. The van der Waals surface area contributed by atoms with E-state index in [0.29, 0.717) is 34.8 Å². The van der Waals surface area contributed by atoms with Gasteiger partial charge in [-0.2, -0.15) is 0 Å². The van der Waals surface area contributed by atoms with Crippen molar-refractivity contribution < 1.29 is 23.8 Å². The van der Waals surface area contributed by atoms with Gasteiger partial charge in [-0.1, -0.05) is 23.5 Å². The summed E-state index contributed by atoms with van der Waals surface area (Å²) in [4.78, 5) is 26.6. The van der Waals surface area contributed by atoms with Crippen LogP contribution in [0.5, 0.6) is 11.5 Å². The fourth-order valence-corrected chi connectivity index (χ4v) is 3.48. The Bertz CT molecular complexity index is 840. The number of anilines is 1. The maximum Gasteiger partial charge on any atom is 0.260 e. The van der Waals surface area contributed by atoms with Gasteiger partial charge in [0.15, 0.2) is 18.1 Å². The summed E-state index contributed by atoms with van der Waals surface area (Å²) >= 11 is 1.26. The summed E-state index contributed by atoms with van der Waals surface area (Å²) in [5.41, 5.74) is 0. The van der Waals surface area contributed by atoms with E-state index in [1.165, 1.54) is 11.3 Å². The van der Waals surface area contributed by atoms with Crippen LogP contribution in [-0.4, -0.2) is 60.3 Å². The van der Waals surface area contributed by atoms with E-state index in [1.807, 2.05) is 12.1 Å². The minimum Gasteiger partial charge on any atom is -0.493 e. The SMILES string of the molecule is COCc1nnc(NC(=O)CCN(C(=O)COc2ccccc2OC)C2CC2)s1. The minimum absolute atomic E-state index is 0.102. The van der Waals surface area contributed by atoms with Crippen LogP contribution in [-0.2, 0) is 20.9 Å². The molecule has 9 nitrogen and oxygen atoms in total. The standard InChI is InChI=1S/C19H24N4O5S/c1-26-11-17-21-22-19(29-17)20-16(24)9-10-23(13-7-8-13)18(25)12-28-15-6-4-3-5-14(15)27-2/h3-6,13H,7-12H2,1-2H3,(H,20,22,24). The zero-order valence-corrected chi connectivity index (χ0v) is 17.2. The quantitative estimate of drug-likeness (QED) is 0.594. The van der Waals surface area contributed by atoms with Gasteiger partial charge < -0.3 is 24.4 Å². The third kappa shape index (κ3) is 6.13. The molecule has 1 N–H and O–H groups in total. The van der Waals surface area contributed by atoms with Gasteiger partial charge in [-0.3, -0.25) is 9.59 Å². The molecule has 0 spiro atoms. The smallest absolute Gasteiger partial charge is 0.260 e. The fourth-order valence-electron chi connectivity index (χ4n) is 2.75. The average molecular weight is 420 g/mol. The molecule has 0 saturated heterocycles. The van der Waals surface area contributed by atoms with Gasteiger partial charge >= 0.3 is 0 Å². The average Bonchev–Trinajstić information content (AvgIpc) is 3.47. The maximum atomic E-state index is 12.6. The van der Waals surface area contributed by atoms with E-state index in [9.17, 15) is 9.59 Å². The highest BCUT2D eigenvalue weighted by atomic mass is 32.1. The van der Waals surface area contributed by atoms with Gasteiger partial charge in [0.05, 0.1) is 7.11 Å². The second-order valence-corrected chi connectivity index (χ2v) is 7.55. The van der Waals surface area contributed by atoms with Crippen LogP contribution >= 0.6 is 11.3 Å². The highest BCUT2D eigenvalue weighted by molar-refractivity contribution is 7.15. The van der Waals surface area contributed by atoms with Crippen molar-refractivity contribution in [2.24, 2.45) is 0 Å². The van der Waals surface area contributed by atoms with Crippen molar-refractivity contribution in [2.75, 3.05) is 32.7 Å². The minimum atomic E-state index is -0.214. The molecule has 1 saturated carbocycles. The number of rotatable bonds is 11. The summed E-state index contributed by atoms with van der Waals surface area (Å²) in [6.45, 7) is 0.577. The van der Waals surface area contributed by atoms with Crippen LogP contribution in [0.25, 0.3) is 0 Å². The number of carbonyl (C=O) groups excluding carboxylic acids is 2. The van der Waals surface area contributed by atoms with Crippen molar-refractivity contribution >= 4 is 28.3 Å². The number of hydrogen-bond acceptors (Lipinski definition) is 8. The summed E-state index contributed by atoms with van der Waals surface area (Å²) < 4.78 is 15.8. The lowest BCUT2D eigenvalue weighted by atomic mass is 10.3. The number of nitrogens with zero attached hydrogens (tertiary/aromatic N) is 3. The predicted molar refractivity (Wildman–Crippen MR) is 107 cm³/mol. The van der Waals surface area contributed by atoms with Crippen molar-refractivity contribution in [2.45, 2.75) is 31.9 Å². The summed E-state index contributed by atoms with van der Waals surface area (Å²) in [5.74, 6) is 0.723. The van der Waals surface area contributed by atoms with Crippen LogP contribution in [0.2, 0.25) is 0 Å². The summed E-state index contributed by atoms with van der Waals surface area (Å²) in [5, 5.41) is 11.7. The molecule has 1 aromatic heterocycles. The van der Waals surface area contributed by atoms with Crippen molar-refractivity contribution in [3.8, 4) is 11.5 Å². The van der Waals surface area contributed by atoms with E-state index >= 15 is 0 Å². The number of carbonyl (C=O) groups is 2. The summed E-state index contributed by atoms with van der Waals surface area (Å²) in [7, 11) is 3.12. The molecule has 29 heavy (non-hydrogen) atoms. The molecule has 1 aliphatic carbocycles. The first kappa shape index (κ1) is 21.0. The Kier molecular flexibility index (Phi) is 7.36. The number of benzene rings is 1. The number of ether oxygens (including phenoxy) is 3. The number of nitrogens with one attached hydrogen (secondary N) is 1. The molecule has 1 fully saturated rings. The van der Waals surface area contributed by atoms with Crippen LogP contribution in [0.3, 0.4) is 0 Å². The Hall–Kier alpha value is -2.72. The molecule has 2 amide bonds. The monoisotopic (exact) mass is 420 g/mol. The van der Waals surface area contributed by atoms with Gasteiger partial charge in [0.1, 0.15) is 11.6 Å². The van der Waals surface area contributed by atoms with Gasteiger partial charge in [0.2, 0.25) is 11.0 Å². The molecule has 1 aliphatic rings. The molecule has 156 valence electrons. The molecule has 0 radical (unpaired) electrons. The Morgan fingerprint density at radius 2 is 1.97 bits per heavy atom. The second-order valence-electron chi connectivity index (χ2n) is 6.49. The topological polar surface area (TPSA) is 103 Å².